The SMILES string of the molecule is CCCCCCOCO[CH]([Sn][CH3])C(CC)CC. The van der Waals surface area contributed by atoms with Crippen molar-refractivity contribution < 1.29 is 9.47 Å². The molecule has 0 N–H and O–H groups in total. The predicted octanol–water partition coefficient (Wildman–Crippen LogP) is 4.07. The Morgan fingerprint density at radius 2 is 1.71 bits per heavy atom. The van der Waals surface area contributed by atoms with Crippen molar-refractivity contribution in [3.63, 3.8) is 0 Å². The Hall–Kier alpha value is 0.719. The first kappa shape index (κ1) is 17.7. The van der Waals surface area contributed by atoms with Crippen molar-refractivity contribution in [2.45, 2.75) is 68.4 Å². The molecule has 0 aliphatic carbocycles. The van der Waals surface area contributed by atoms with Gasteiger partial charge in [-0.2, -0.15) is 0 Å². The Morgan fingerprint density at radius 3 is 2.24 bits per heavy atom. The van der Waals surface area contributed by atoms with Crippen molar-refractivity contribution in [1.29, 1.82) is 0 Å². The first-order valence-corrected chi connectivity index (χ1v) is 11.7. The van der Waals surface area contributed by atoms with E-state index in [4.69, 9.17) is 9.47 Å². The third kappa shape index (κ3) is 9.32. The minimum atomic E-state index is -0.356. The van der Waals surface area contributed by atoms with Crippen LogP contribution in [0.1, 0.15) is 59.3 Å². The molecule has 0 saturated carbocycles. The number of hydrogen-bond acceptors (Lipinski definition) is 2. The molecule has 0 aromatic rings. The average molecular weight is 349 g/mol. The topological polar surface area (TPSA) is 18.5 Å². The molecule has 1 unspecified atom stereocenters. The second-order valence-electron chi connectivity index (χ2n) is 4.54. The van der Waals surface area contributed by atoms with E-state index >= 15 is 0 Å². The van der Waals surface area contributed by atoms with E-state index in [1.807, 2.05) is 0 Å². The molecule has 3 heteroatoms. The summed E-state index contributed by atoms with van der Waals surface area (Å²) in [7, 11) is 0. The summed E-state index contributed by atoms with van der Waals surface area (Å²) >= 11 is -0.356. The van der Waals surface area contributed by atoms with Gasteiger partial charge >= 0.3 is 118 Å². The molecule has 0 bridgehead atoms. The van der Waals surface area contributed by atoms with Crippen LogP contribution in [-0.4, -0.2) is 38.7 Å². The van der Waals surface area contributed by atoms with Crippen molar-refractivity contribution in [3.05, 3.63) is 0 Å². The Morgan fingerprint density at radius 1 is 1.00 bits per heavy atom. The van der Waals surface area contributed by atoms with Gasteiger partial charge in [-0.15, -0.1) is 0 Å². The molecule has 2 nitrogen and oxygen atoms in total. The van der Waals surface area contributed by atoms with E-state index in [1.165, 1.54) is 38.5 Å². The van der Waals surface area contributed by atoms with Gasteiger partial charge in [0.25, 0.3) is 0 Å². The third-order valence-electron chi connectivity index (χ3n) is 3.23. The van der Waals surface area contributed by atoms with Gasteiger partial charge in [-0.3, -0.25) is 0 Å². The molecular weight excluding hydrogens is 319 g/mol. The van der Waals surface area contributed by atoms with Crippen molar-refractivity contribution in [2.75, 3.05) is 13.4 Å². The van der Waals surface area contributed by atoms with Crippen LogP contribution in [0.15, 0.2) is 0 Å². The molecule has 0 aliphatic heterocycles. The normalized spacial score (nSPS) is 13.2. The van der Waals surface area contributed by atoms with Gasteiger partial charge in [-0.25, -0.2) is 0 Å². The summed E-state index contributed by atoms with van der Waals surface area (Å²) in [6.45, 7) is 8.15. The van der Waals surface area contributed by atoms with Crippen LogP contribution in [-0.2, 0) is 9.47 Å². The second kappa shape index (κ2) is 13.2. The van der Waals surface area contributed by atoms with Crippen LogP contribution >= 0.6 is 0 Å². The van der Waals surface area contributed by atoms with Crippen molar-refractivity contribution in [3.8, 4) is 0 Å². The van der Waals surface area contributed by atoms with Crippen LogP contribution < -0.4 is 0 Å². The second-order valence-corrected chi connectivity index (χ2v) is 7.81. The van der Waals surface area contributed by atoms with Crippen LogP contribution in [0.4, 0.5) is 0 Å². The molecule has 1 atom stereocenters. The van der Waals surface area contributed by atoms with Gasteiger partial charge in [0, 0.05) is 0 Å². The van der Waals surface area contributed by atoms with Gasteiger partial charge < -0.3 is 0 Å². The zero-order chi connectivity index (χ0) is 12.9. The molecular formula is C14H30O2Sn. The summed E-state index contributed by atoms with van der Waals surface area (Å²) in [6, 6.07) is 0. The maximum absolute atomic E-state index is 5.90. The molecule has 0 heterocycles. The van der Waals surface area contributed by atoms with E-state index in [9.17, 15) is 0 Å². The Balaban J connectivity index is 3.49. The zero-order valence-corrected chi connectivity index (χ0v) is 15.0. The van der Waals surface area contributed by atoms with Gasteiger partial charge in [0.05, 0.1) is 0 Å². The van der Waals surface area contributed by atoms with Crippen LogP contribution in [0.25, 0.3) is 0 Å². The summed E-state index contributed by atoms with van der Waals surface area (Å²) in [5.41, 5.74) is 0. The standard InChI is InChI=1S/C13H27O2.CH3.Sn/c1-4-7-8-9-10-14-12-15-11-13(5-2)6-3;;/h11,13H,4-10,12H2,1-3H3;1H3;. The van der Waals surface area contributed by atoms with E-state index in [-0.39, 0.29) is 21.1 Å². The molecule has 17 heavy (non-hydrogen) atoms. The summed E-state index contributed by atoms with van der Waals surface area (Å²) in [4.78, 5) is 2.37. The molecule has 0 saturated heterocycles. The van der Waals surface area contributed by atoms with E-state index < -0.39 is 0 Å². The van der Waals surface area contributed by atoms with Gasteiger partial charge in [-0.05, 0) is 0 Å². The molecule has 2 radical (unpaired) electrons. The van der Waals surface area contributed by atoms with Crippen molar-refractivity contribution in [2.24, 2.45) is 5.92 Å². The summed E-state index contributed by atoms with van der Waals surface area (Å²) in [5, 5.41) is 0. The van der Waals surface area contributed by atoms with Gasteiger partial charge in [0.1, 0.15) is 0 Å². The van der Waals surface area contributed by atoms with Crippen LogP contribution in [0, 0.1) is 5.92 Å². The van der Waals surface area contributed by atoms with Crippen LogP contribution in [0.3, 0.4) is 0 Å². The summed E-state index contributed by atoms with van der Waals surface area (Å²) < 4.78 is 12.0. The minimum absolute atomic E-state index is 0.356. The first-order chi connectivity index (χ1) is 8.29. The van der Waals surface area contributed by atoms with E-state index in [2.05, 4.69) is 25.7 Å². The Kier molecular flexibility index (Phi) is 13.7. The molecule has 0 aromatic carbocycles. The van der Waals surface area contributed by atoms with E-state index in [0.29, 0.717) is 10.9 Å². The van der Waals surface area contributed by atoms with Gasteiger partial charge in [0.15, 0.2) is 0 Å². The molecule has 0 amide bonds. The fraction of sp³-hybridized carbons (Fsp3) is 1.00. The van der Waals surface area contributed by atoms with E-state index in [0.717, 1.165) is 12.5 Å². The Labute approximate surface area is 118 Å². The summed E-state index contributed by atoms with van der Waals surface area (Å²) in [6.07, 6.45) is 7.56. The number of rotatable bonds is 12. The number of unbranched alkanes of at least 4 members (excludes halogenated alkanes) is 3. The molecule has 0 aromatic heterocycles. The maximum atomic E-state index is 5.90. The van der Waals surface area contributed by atoms with Crippen LogP contribution in [0.2, 0.25) is 4.94 Å². The van der Waals surface area contributed by atoms with Crippen molar-refractivity contribution >= 4 is 21.1 Å². The van der Waals surface area contributed by atoms with Crippen molar-refractivity contribution in [1.82, 2.24) is 0 Å². The van der Waals surface area contributed by atoms with Gasteiger partial charge in [0.2, 0.25) is 0 Å². The molecule has 0 fully saturated rings. The summed E-state index contributed by atoms with van der Waals surface area (Å²) in [5.74, 6) is 0.760. The quantitative estimate of drug-likeness (QED) is 0.300. The van der Waals surface area contributed by atoms with Crippen LogP contribution in [0.5, 0.6) is 0 Å². The average Bonchev–Trinajstić information content (AvgIpc) is 2.36. The van der Waals surface area contributed by atoms with E-state index in [1.54, 1.807) is 0 Å². The fourth-order valence-electron chi connectivity index (χ4n) is 1.98. The number of ether oxygens (including phenoxy) is 2. The first-order valence-electron chi connectivity index (χ1n) is 7.16. The molecule has 102 valence electrons. The molecule has 0 rings (SSSR count). The fourth-order valence-corrected chi connectivity index (χ4v) is 5.34. The predicted molar refractivity (Wildman–Crippen MR) is 75.5 cm³/mol. The third-order valence-corrected chi connectivity index (χ3v) is 6.68. The number of hydrogen-bond donors (Lipinski definition) is 0. The van der Waals surface area contributed by atoms with Gasteiger partial charge in [-0.1, -0.05) is 0 Å². The monoisotopic (exact) mass is 350 g/mol. The zero-order valence-electron chi connectivity index (χ0n) is 12.1. The Bertz CT molecular complexity index is 149. The molecule has 0 spiro atoms. The molecule has 0 aliphatic rings.